The molecule has 0 amide bonds. The minimum Gasteiger partial charge on any atom is -0.392 e. The molecule has 0 aliphatic heterocycles. The van der Waals surface area contributed by atoms with E-state index in [1.54, 1.807) is 23.1 Å². The molecule has 1 N–H and O–H groups in total. The fraction of sp³-hybridized carbons (Fsp3) is 0.200. The molecule has 0 aliphatic carbocycles. The lowest BCUT2D eigenvalue weighted by Gasteiger charge is -2.07. The second-order valence-corrected chi connectivity index (χ2v) is 5.43. The Kier molecular flexibility index (Phi) is 3.17. The van der Waals surface area contributed by atoms with E-state index in [4.69, 9.17) is 0 Å². The number of thioether (sulfide) groups is 1. The minimum atomic E-state index is 0.0893. The number of hydrogen-bond acceptors (Lipinski definition) is 3. The maximum atomic E-state index is 9.32. The summed E-state index contributed by atoms with van der Waals surface area (Å²) in [7, 11) is 0. The second kappa shape index (κ2) is 4.23. The molecule has 0 atom stereocenters. The third-order valence-electron chi connectivity index (χ3n) is 2.12. The second-order valence-electron chi connectivity index (χ2n) is 2.87. The molecule has 0 saturated heterocycles. The first-order valence-electron chi connectivity index (χ1n) is 4.11. The molecule has 0 aliphatic rings. The number of benzene rings is 1. The maximum Gasteiger partial charge on any atom is 0.0707 e. The van der Waals surface area contributed by atoms with Gasteiger partial charge in [-0.05, 0) is 45.1 Å². The highest BCUT2D eigenvalue weighted by Crippen LogP contribution is 2.37. The van der Waals surface area contributed by atoms with Gasteiger partial charge in [-0.15, -0.1) is 23.1 Å². The first-order chi connectivity index (χ1) is 6.77. The van der Waals surface area contributed by atoms with E-state index in [0.717, 1.165) is 10.0 Å². The molecule has 0 fully saturated rings. The lowest BCUT2D eigenvalue weighted by Crippen LogP contribution is -1.87. The van der Waals surface area contributed by atoms with Gasteiger partial charge in [0.05, 0.1) is 6.61 Å². The van der Waals surface area contributed by atoms with Crippen LogP contribution in [0, 0.1) is 0 Å². The van der Waals surface area contributed by atoms with E-state index in [1.807, 2.05) is 6.26 Å². The van der Waals surface area contributed by atoms with Crippen molar-refractivity contribution in [2.75, 3.05) is 6.26 Å². The molecule has 0 bridgehead atoms. The number of aliphatic hydroxyl groups is 1. The highest BCUT2D eigenvalue weighted by molar-refractivity contribution is 9.10. The predicted molar refractivity (Wildman–Crippen MR) is 67.2 cm³/mol. The Labute approximate surface area is 99.3 Å². The Bertz CT molecular complexity index is 464. The van der Waals surface area contributed by atoms with E-state index < -0.39 is 0 Å². The number of aliphatic hydroxyl groups excluding tert-OH is 1. The Hall–Kier alpha value is -0.0300. The summed E-state index contributed by atoms with van der Waals surface area (Å²) in [6.07, 6.45) is 2.04. The third kappa shape index (κ3) is 1.60. The van der Waals surface area contributed by atoms with Crippen LogP contribution in [-0.4, -0.2) is 11.4 Å². The molecular weight excluding hydrogens is 280 g/mol. The molecule has 1 aromatic carbocycles. The minimum absolute atomic E-state index is 0.0893. The van der Waals surface area contributed by atoms with Crippen molar-refractivity contribution in [1.29, 1.82) is 0 Å². The highest BCUT2D eigenvalue weighted by atomic mass is 79.9. The summed E-state index contributed by atoms with van der Waals surface area (Å²) < 4.78 is 2.21. The molecule has 2 rings (SSSR count). The number of fused-ring (bicyclic) bond motifs is 1. The van der Waals surface area contributed by atoms with E-state index in [1.165, 1.54) is 15.0 Å². The van der Waals surface area contributed by atoms with Crippen LogP contribution in [0.4, 0.5) is 0 Å². The quantitative estimate of drug-likeness (QED) is 0.847. The van der Waals surface area contributed by atoms with Crippen molar-refractivity contribution in [3.05, 3.63) is 27.5 Å². The van der Waals surface area contributed by atoms with Crippen LogP contribution in [-0.2, 0) is 6.61 Å². The van der Waals surface area contributed by atoms with Gasteiger partial charge in [0.2, 0.25) is 0 Å². The molecule has 2 aromatic rings. The number of halogens is 1. The molecule has 0 radical (unpaired) electrons. The van der Waals surface area contributed by atoms with E-state index in [9.17, 15) is 5.11 Å². The summed E-state index contributed by atoms with van der Waals surface area (Å²) in [6.45, 7) is 0.0893. The Morgan fingerprint density at radius 2 is 2.36 bits per heavy atom. The molecule has 4 heteroatoms. The van der Waals surface area contributed by atoms with Gasteiger partial charge >= 0.3 is 0 Å². The fourth-order valence-electron chi connectivity index (χ4n) is 1.42. The Morgan fingerprint density at radius 1 is 1.57 bits per heavy atom. The summed E-state index contributed by atoms with van der Waals surface area (Å²) in [4.78, 5) is 1.18. The van der Waals surface area contributed by atoms with Crippen LogP contribution in [0.3, 0.4) is 0 Å². The van der Waals surface area contributed by atoms with Gasteiger partial charge in [-0.25, -0.2) is 0 Å². The molecule has 1 nitrogen and oxygen atoms in total. The van der Waals surface area contributed by atoms with Crippen LogP contribution in [0.15, 0.2) is 26.9 Å². The van der Waals surface area contributed by atoms with Crippen molar-refractivity contribution >= 4 is 49.1 Å². The molecule has 74 valence electrons. The van der Waals surface area contributed by atoms with Crippen LogP contribution in [0.25, 0.3) is 10.1 Å². The summed E-state index contributed by atoms with van der Waals surface area (Å²) in [6, 6.07) is 4.24. The van der Waals surface area contributed by atoms with E-state index in [2.05, 4.69) is 33.4 Å². The van der Waals surface area contributed by atoms with Crippen LogP contribution in [0.1, 0.15) is 5.56 Å². The SMILES string of the molecule is CSc1cc2ccsc2c(CO)c1Br. The topological polar surface area (TPSA) is 20.2 Å². The van der Waals surface area contributed by atoms with Crippen LogP contribution in [0.2, 0.25) is 0 Å². The summed E-state index contributed by atoms with van der Waals surface area (Å²) in [5.74, 6) is 0. The zero-order chi connectivity index (χ0) is 10.1. The Balaban J connectivity index is 2.80. The summed E-state index contributed by atoms with van der Waals surface area (Å²) in [5, 5.41) is 12.6. The lowest BCUT2D eigenvalue weighted by molar-refractivity contribution is 0.282. The van der Waals surface area contributed by atoms with Gasteiger partial charge in [0.15, 0.2) is 0 Å². The summed E-state index contributed by atoms with van der Waals surface area (Å²) in [5.41, 5.74) is 1.00. The molecule has 1 aromatic heterocycles. The maximum absolute atomic E-state index is 9.32. The molecular formula is C10H9BrOS2. The van der Waals surface area contributed by atoms with Crippen molar-refractivity contribution in [1.82, 2.24) is 0 Å². The van der Waals surface area contributed by atoms with Crippen molar-refractivity contribution < 1.29 is 5.11 Å². The van der Waals surface area contributed by atoms with E-state index in [-0.39, 0.29) is 6.61 Å². The number of hydrogen-bond donors (Lipinski definition) is 1. The van der Waals surface area contributed by atoms with Crippen LogP contribution >= 0.6 is 39.0 Å². The smallest absolute Gasteiger partial charge is 0.0707 e. The van der Waals surface area contributed by atoms with Gasteiger partial charge in [-0.1, -0.05) is 0 Å². The Morgan fingerprint density at radius 3 is 3.00 bits per heavy atom. The average Bonchev–Trinajstić information content (AvgIpc) is 2.64. The summed E-state index contributed by atoms with van der Waals surface area (Å²) >= 11 is 6.90. The first-order valence-corrected chi connectivity index (χ1v) is 7.01. The van der Waals surface area contributed by atoms with Crippen LogP contribution < -0.4 is 0 Å². The predicted octanol–water partition coefficient (Wildman–Crippen LogP) is 3.88. The molecule has 0 spiro atoms. The molecule has 1 heterocycles. The number of rotatable bonds is 2. The van der Waals surface area contributed by atoms with Crippen molar-refractivity contribution in [3.63, 3.8) is 0 Å². The standard InChI is InChI=1S/C10H9BrOS2/c1-13-8-4-6-2-3-14-10(6)7(5-12)9(8)11/h2-4,12H,5H2,1H3. The van der Waals surface area contributed by atoms with Gasteiger partial charge in [0.25, 0.3) is 0 Å². The molecule has 0 unspecified atom stereocenters. The largest absolute Gasteiger partial charge is 0.392 e. The molecule has 0 saturated carbocycles. The number of thiophene rings is 1. The van der Waals surface area contributed by atoms with E-state index >= 15 is 0 Å². The van der Waals surface area contributed by atoms with Gasteiger partial charge in [0.1, 0.15) is 0 Å². The lowest BCUT2D eigenvalue weighted by atomic mass is 10.2. The van der Waals surface area contributed by atoms with Gasteiger partial charge in [-0.2, -0.15) is 0 Å². The van der Waals surface area contributed by atoms with Crippen molar-refractivity contribution in [3.8, 4) is 0 Å². The van der Waals surface area contributed by atoms with Gasteiger partial charge < -0.3 is 5.11 Å². The highest BCUT2D eigenvalue weighted by Gasteiger charge is 2.10. The zero-order valence-corrected chi connectivity index (χ0v) is 10.8. The van der Waals surface area contributed by atoms with Crippen molar-refractivity contribution in [2.45, 2.75) is 11.5 Å². The monoisotopic (exact) mass is 288 g/mol. The normalized spacial score (nSPS) is 11.1. The zero-order valence-electron chi connectivity index (χ0n) is 7.58. The average molecular weight is 289 g/mol. The van der Waals surface area contributed by atoms with E-state index in [0.29, 0.717) is 0 Å². The van der Waals surface area contributed by atoms with Gasteiger partial charge in [0, 0.05) is 19.6 Å². The van der Waals surface area contributed by atoms with Gasteiger partial charge in [-0.3, -0.25) is 0 Å². The third-order valence-corrected chi connectivity index (χ3v) is 5.04. The van der Waals surface area contributed by atoms with Crippen molar-refractivity contribution in [2.24, 2.45) is 0 Å². The fourth-order valence-corrected chi connectivity index (χ4v) is 3.95. The van der Waals surface area contributed by atoms with Crippen LogP contribution in [0.5, 0.6) is 0 Å². The first kappa shape index (κ1) is 10.5. The molecule has 14 heavy (non-hydrogen) atoms.